The van der Waals surface area contributed by atoms with E-state index in [2.05, 4.69) is 118 Å². The molecule has 8 atom stereocenters. The van der Waals surface area contributed by atoms with Gasteiger partial charge in [-0.3, -0.25) is 19.2 Å². The number of nitrogens with two attached hydrogens (primary N) is 4. The zero-order valence-electron chi connectivity index (χ0n) is 66.4. The van der Waals surface area contributed by atoms with Gasteiger partial charge in [0.15, 0.2) is 34.8 Å². The highest BCUT2D eigenvalue weighted by Crippen LogP contribution is 2.32. The summed E-state index contributed by atoms with van der Waals surface area (Å²) in [6.07, 6.45) is 37.0. The van der Waals surface area contributed by atoms with Crippen LogP contribution in [0.15, 0.2) is 190 Å². The molecule has 0 amide bonds. The highest BCUT2D eigenvalue weighted by molar-refractivity contribution is 6.01. The number of ketones is 4. The van der Waals surface area contributed by atoms with E-state index >= 15 is 0 Å². The molecular weight excluding hydrogens is 1490 g/mol. The maximum atomic E-state index is 12.1. The van der Waals surface area contributed by atoms with Crippen LogP contribution in [0.5, 0.6) is 0 Å². The van der Waals surface area contributed by atoms with Crippen LogP contribution in [0.3, 0.4) is 0 Å². The number of nitrogens with zero attached hydrogens (tertiary/aromatic N) is 17. The van der Waals surface area contributed by atoms with E-state index in [-0.39, 0.29) is 71.5 Å². The smallest absolute Gasteiger partial charge is 0.224 e. The first-order chi connectivity index (χ1) is 57.4. The first-order valence-electron chi connectivity index (χ1n) is 39.9. The Morgan fingerprint density at radius 1 is 0.331 bits per heavy atom. The van der Waals surface area contributed by atoms with E-state index in [1.807, 2.05) is 109 Å². The number of rotatable bonds is 24. The molecule has 0 unspecified atom stereocenters. The first-order valence-corrected chi connectivity index (χ1v) is 39.9. The van der Waals surface area contributed by atoms with Gasteiger partial charge in [0.25, 0.3) is 0 Å². The highest BCUT2D eigenvalue weighted by atomic mass is 16.1. The maximum Gasteiger partial charge on any atom is 0.224 e. The third-order valence-electron chi connectivity index (χ3n) is 20.8. The summed E-state index contributed by atoms with van der Waals surface area (Å²) >= 11 is 0. The average Bonchev–Trinajstić information content (AvgIpc) is 0.881. The molecule has 118 heavy (non-hydrogen) atoms. The fraction of sp³-hybridized carbons (Fsp3) is 0.329. The van der Waals surface area contributed by atoms with Gasteiger partial charge in [0, 0.05) is 144 Å². The van der Waals surface area contributed by atoms with Crippen molar-refractivity contribution in [2.75, 3.05) is 42.5 Å². The molecule has 0 bridgehead atoms. The molecule has 4 fully saturated rings. The summed E-state index contributed by atoms with van der Waals surface area (Å²) in [5, 5.41) is 38.9. The number of hydrogen-bond acceptors (Lipinski definition) is 31. The van der Waals surface area contributed by atoms with Crippen molar-refractivity contribution in [1.29, 1.82) is 0 Å². The quantitative estimate of drug-likeness (QED) is 0.0250. The summed E-state index contributed by atoms with van der Waals surface area (Å²) in [4.78, 5) is 103. The Morgan fingerprint density at radius 2 is 0.669 bits per heavy atom. The largest absolute Gasteiger partial charge is 0.350 e. The molecule has 608 valence electrons. The number of aromatic nitrogens is 17. The van der Waals surface area contributed by atoms with E-state index in [0.29, 0.717) is 81.0 Å². The molecule has 4 aliphatic rings. The molecule has 4 aliphatic carbocycles. The van der Waals surface area contributed by atoms with Crippen LogP contribution >= 0.6 is 0 Å². The average molecular weight is 1590 g/mol. The lowest BCUT2D eigenvalue weighted by Crippen LogP contribution is -2.43. The lowest BCUT2D eigenvalue weighted by Gasteiger charge is -2.29. The van der Waals surface area contributed by atoms with Crippen molar-refractivity contribution in [2.24, 2.45) is 22.9 Å². The maximum absolute atomic E-state index is 12.1. The Hall–Kier alpha value is -13.4. The van der Waals surface area contributed by atoms with Crippen LogP contribution in [-0.2, 0) is 0 Å². The van der Waals surface area contributed by atoms with Crippen LogP contribution < -0.4 is 65.5 Å². The lowest BCUT2D eigenvalue weighted by molar-refractivity contribution is 0.100. The molecule has 0 aliphatic heterocycles. The minimum atomic E-state index is -0.113. The summed E-state index contributed by atoms with van der Waals surface area (Å²) in [6, 6.07) is 36.9. The van der Waals surface area contributed by atoms with E-state index in [4.69, 9.17) is 22.9 Å². The molecule has 0 spiro atoms. The number of Topliss-reactive ketones (excluding diaryl/α,β-unsaturated/α-hetero) is 4. The number of anilines is 12. The van der Waals surface area contributed by atoms with Crippen LogP contribution in [0.1, 0.15) is 172 Å². The Morgan fingerprint density at radius 3 is 1.03 bits per heavy atom. The number of carbonyl (C=O) groups is 4. The topological polar surface area (TPSA) is 472 Å². The zero-order valence-corrected chi connectivity index (χ0v) is 66.4. The number of carbonyl (C=O) groups excluding carboxylic acids is 4. The van der Waals surface area contributed by atoms with E-state index < -0.39 is 0 Å². The molecule has 4 aromatic carbocycles. The van der Waals surface area contributed by atoms with Gasteiger partial charge >= 0.3 is 0 Å². The molecule has 12 aromatic rings. The van der Waals surface area contributed by atoms with Crippen molar-refractivity contribution in [2.45, 2.75) is 179 Å². The minimum Gasteiger partial charge on any atom is -0.350 e. The van der Waals surface area contributed by atoms with Crippen molar-refractivity contribution in [3.05, 3.63) is 212 Å². The molecule has 4 saturated carbocycles. The van der Waals surface area contributed by atoms with Crippen LogP contribution in [0.4, 0.5) is 69.8 Å². The normalized spacial score (nSPS) is 18.8. The van der Waals surface area contributed by atoms with Gasteiger partial charge < -0.3 is 65.5 Å². The molecule has 16 rings (SSSR count). The monoisotopic (exact) mass is 1590 g/mol. The van der Waals surface area contributed by atoms with E-state index in [9.17, 15) is 19.2 Å². The van der Waals surface area contributed by atoms with E-state index in [1.165, 1.54) is 32.5 Å². The Balaban J connectivity index is 0.000000136. The fourth-order valence-corrected chi connectivity index (χ4v) is 14.3. The Labute approximate surface area is 683 Å². The molecule has 8 heterocycles. The summed E-state index contributed by atoms with van der Waals surface area (Å²) < 4.78 is 1.77. The second-order valence-electron chi connectivity index (χ2n) is 29.5. The van der Waals surface area contributed by atoms with E-state index in [0.717, 1.165) is 148 Å². The molecule has 16 N–H and O–H groups in total. The van der Waals surface area contributed by atoms with Crippen LogP contribution in [0.25, 0.3) is 34.2 Å². The SMILES string of the molecule is CC(=O)c1cnc(N[C@@H]2CCCC[C@@H]2N)nc1Nc1ccc(-c2ncccn2)cc1.CC(=O)c1cnc(N[C@@H]2CCCC[C@@H]2N)nc1Nc1cccc(-c2ncccn2)c1.CC(=O)c1cnc(N[C@@H]2CCCC[C@@H]2N)nc1Nc1cccc(-n2cccn2)c1.CC(=O)c1cnc(N[C@@H]2CCCC[C@@H]2N)nc1Nc1cccc(-n2nccn2)c1. The van der Waals surface area contributed by atoms with Crippen molar-refractivity contribution < 1.29 is 19.2 Å². The Bertz CT molecular complexity index is 5160. The van der Waals surface area contributed by atoms with Crippen molar-refractivity contribution in [1.82, 2.24) is 84.6 Å². The minimum absolute atomic E-state index is 0.0776. The standard InChI is InChI=1S/2C22H25N7O.C21H25N7O.C20H24N8O/c1-14(30)17-13-26-22(28-19-9-3-2-8-18(19)23)29-21(17)27-16-7-4-6-15(12-16)20-24-10-5-11-25-20;1-14(30)17-13-26-22(28-19-6-3-2-5-18(19)23)29-21(17)27-16-9-7-15(8-10-16)20-24-11-4-12-25-20;1-14(29)17-13-23-21(26-19-9-3-2-8-18(19)22)27-20(17)25-15-6-4-7-16(12-15)28-11-5-10-24-28;1-13(29)16-12-22-20(26-18-8-3-2-7-17(18)21)27-19(16)25-14-5-4-6-15(11-14)28-23-9-10-24-28/h4-7,10-13,18-19H,2-3,8-9,23H2,1H3,(H2,26,27,28,29);4,7-13,18-19H,2-3,5-6,23H2,1H3,(H2,26,27,28,29);4-7,10-13,18-19H,2-3,8-9,22H2,1H3,(H2,23,25,26,27);4-6,9-12,17-18H,2-3,7-8,21H2,1H3,(H2,22,25,26,27)/t3*18-,19+;17-,18+/m0000/s1. The molecule has 8 aromatic heterocycles. The summed E-state index contributed by atoms with van der Waals surface area (Å²) in [5.74, 6) is 4.57. The van der Waals surface area contributed by atoms with Crippen LogP contribution in [-0.4, -0.2) is 156 Å². The van der Waals surface area contributed by atoms with E-state index in [1.54, 1.807) is 85.0 Å². The first kappa shape index (κ1) is 82.6. The summed E-state index contributed by atoms with van der Waals surface area (Å²) in [5.41, 5.74) is 33.3. The fourth-order valence-electron chi connectivity index (χ4n) is 14.3. The predicted molar refractivity (Wildman–Crippen MR) is 457 cm³/mol. The summed E-state index contributed by atoms with van der Waals surface area (Å²) in [7, 11) is 0. The van der Waals surface area contributed by atoms with Crippen LogP contribution in [0.2, 0.25) is 0 Å². The molecular formula is C85H99N29O4. The van der Waals surface area contributed by atoms with Crippen molar-refractivity contribution in [3.8, 4) is 34.2 Å². The van der Waals surface area contributed by atoms with Gasteiger partial charge in [-0.05, 0) is 170 Å². The van der Waals surface area contributed by atoms with Gasteiger partial charge in [-0.25, -0.2) is 44.6 Å². The van der Waals surface area contributed by atoms with Crippen LogP contribution in [0, 0.1) is 0 Å². The number of hydrogen-bond donors (Lipinski definition) is 12. The van der Waals surface area contributed by atoms with Gasteiger partial charge in [0.05, 0.1) is 46.0 Å². The number of nitrogens with one attached hydrogen (secondary N) is 8. The zero-order chi connectivity index (χ0) is 82.3. The second kappa shape index (κ2) is 40.3. The molecule has 33 heteroatoms. The predicted octanol–water partition coefficient (Wildman–Crippen LogP) is 13.1. The van der Waals surface area contributed by atoms with Gasteiger partial charge in [0.2, 0.25) is 23.8 Å². The van der Waals surface area contributed by atoms with Crippen molar-refractivity contribution in [3.63, 3.8) is 0 Å². The van der Waals surface area contributed by atoms with Gasteiger partial charge in [-0.1, -0.05) is 75.6 Å². The number of benzene rings is 4. The highest BCUT2D eigenvalue weighted by Gasteiger charge is 2.28. The van der Waals surface area contributed by atoms with Gasteiger partial charge in [0.1, 0.15) is 23.3 Å². The van der Waals surface area contributed by atoms with Gasteiger partial charge in [-0.2, -0.15) is 40.0 Å². The molecule has 0 radical (unpaired) electrons. The van der Waals surface area contributed by atoms with Gasteiger partial charge in [-0.15, -0.1) is 0 Å². The lowest BCUT2D eigenvalue weighted by atomic mass is 9.91. The molecule has 33 nitrogen and oxygen atoms in total. The van der Waals surface area contributed by atoms with Crippen molar-refractivity contribution >= 4 is 92.9 Å². The Kier molecular flexibility index (Phi) is 28.2. The summed E-state index contributed by atoms with van der Waals surface area (Å²) in [6.45, 7) is 6.01. The molecule has 0 saturated heterocycles. The second-order valence-corrected chi connectivity index (χ2v) is 29.5. The third-order valence-corrected chi connectivity index (χ3v) is 20.8. The third kappa shape index (κ3) is 22.6.